The molecule has 2 fully saturated rings. The topological polar surface area (TPSA) is 47.6 Å². The van der Waals surface area contributed by atoms with E-state index in [-0.39, 0.29) is 17.4 Å². The van der Waals surface area contributed by atoms with E-state index in [4.69, 9.17) is 9.47 Å². The molecule has 0 bridgehead atoms. The van der Waals surface area contributed by atoms with Crippen LogP contribution in [0.2, 0.25) is 0 Å². The van der Waals surface area contributed by atoms with Crippen molar-refractivity contribution in [3.8, 4) is 0 Å². The average molecular weight is 213 g/mol. The minimum Gasteiger partial charge on any atom is -0.466 e. The lowest BCUT2D eigenvalue weighted by Gasteiger charge is -2.21. The highest BCUT2D eigenvalue weighted by molar-refractivity contribution is 5.82. The van der Waals surface area contributed by atoms with Crippen molar-refractivity contribution in [1.29, 1.82) is 0 Å². The van der Waals surface area contributed by atoms with Crippen LogP contribution in [-0.2, 0) is 14.3 Å². The van der Waals surface area contributed by atoms with Crippen LogP contribution >= 0.6 is 0 Å². The molecule has 0 radical (unpaired) electrons. The van der Waals surface area contributed by atoms with Crippen LogP contribution < -0.4 is 5.32 Å². The summed E-state index contributed by atoms with van der Waals surface area (Å²) >= 11 is 0. The first-order valence-electron chi connectivity index (χ1n) is 5.74. The lowest BCUT2D eigenvalue weighted by Crippen LogP contribution is -2.41. The maximum Gasteiger partial charge on any atom is 0.314 e. The lowest BCUT2D eigenvalue weighted by atomic mass is 9.97. The summed E-state index contributed by atoms with van der Waals surface area (Å²) in [5.41, 5.74) is -0.259. The molecule has 4 nitrogen and oxygen atoms in total. The SMILES string of the molecule is CCOC[C@@H]1NC[C@@H]2C[C@@]21C(=O)OCC. The normalized spacial score (nSPS) is 37.5. The molecule has 1 saturated heterocycles. The third-order valence-electron chi connectivity index (χ3n) is 3.53. The van der Waals surface area contributed by atoms with Crippen molar-refractivity contribution in [2.75, 3.05) is 26.4 Å². The van der Waals surface area contributed by atoms with Gasteiger partial charge in [0.1, 0.15) is 0 Å². The standard InChI is InChI=1S/C11H19NO3/c1-3-14-7-9-11(10(13)15-4-2)5-8(11)6-12-9/h8-9,12H,3-7H2,1-2H3/t8-,9-,11+/m0/s1. The number of fused-ring (bicyclic) bond motifs is 1. The van der Waals surface area contributed by atoms with Crippen LogP contribution in [0.15, 0.2) is 0 Å². The highest BCUT2D eigenvalue weighted by atomic mass is 16.5. The highest BCUT2D eigenvalue weighted by Gasteiger charge is 2.68. The second-order valence-electron chi connectivity index (χ2n) is 4.28. The molecule has 0 spiro atoms. The Hall–Kier alpha value is -0.610. The average Bonchev–Trinajstić information content (AvgIpc) is 2.87. The van der Waals surface area contributed by atoms with Gasteiger partial charge >= 0.3 is 5.97 Å². The third-order valence-corrected chi connectivity index (χ3v) is 3.53. The molecular weight excluding hydrogens is 194 g/mol. The van der Waals surface area contributed by atoms with E-state index in [0.29, 0.717) is 25.7 Å². The van der Waals surface area contributed by atoms with E-state index >= 15 is 0 Å². The Balaban J connectivity index is 1.97. The van der Waals surface area contributed by atoms with Gasteiger partial charge < -0.3 is 14.8 Å². The van der Waals surface area contributed by atoms with Gasteiger partial charge in [0, 0.05) is 12.6 Å². The zero-order chi connectivity index (χ0) is 10.9. The molecule has 0 aromatic rings. The van der Waals surface area contributed by atoms with E-state index in [0.717, 1.165) is 13.0 Å². The van der Waals surface area contributed by atoms with Gasteiger partial charge in [-0.2, -0.15) is 0 Å². The van der Waals surface area contributed by atoms with Crippen LogP contribution in [-0.4, -0.2) is 38.4 Å². The number of ether oxygens (including phenoxy) is 2. The van der Waals surface area contributed by atoms with Crippen molar-refractivity contribution in [2.45, 2.75) is 26.3 Å². The fourth-order valence-corrected chi connectivity index (χ4v) is 2.60. The number of carbonyl (C=O) groups excluding carboxylic acids is 1. The fourth-order valence-electron chi connectivity index (χ4n) is 2.60. The van der Waals surface area contributed by atoms with Crippen molar-refractivity contribution < 1.29 is 14.3 Å². The zero-order valence-electron chi connectivity index (χ0n) is 9.41. The predicted octanol–water partition coefficient (Wildman–Crippen LogP) is 0.564. The summed E-state index contributed by atoms with van der Waals surface area (Å²) in [5, 5.41) is 3.35. The van der Waals surface area contributed by atoms with E-state index in [9.17, 15) is 4.79 Å². The number of piperidine rings is 1. The molecule has 1 saturated carbocycles. The summed E-state index contributed by atoms with van der Waals surface area (Å²) in [4.78, 5) is 11.9. The Kier molecular flexibility index (Phi) is 2.98. The summed E-state index contributed by atoms with van der Waals surface area (Å²) in [6.45, 7) is 6.53. The van der Waals surface area contributed by atoms with E-state index in [2.05, 4.69) is 5.32 Å². The minimum absolute atomic E-state index is 0.0373. The van der Waals surface area contributed by atoms with Crippen molar-refractivity contribution in [3.63, 3.8) is 0 Å². The molecule has 2 rings (SSSR count). The molecule has 1 aliphatic carbocycles. The second kappa shape index (κ2) is 4.10. The lowest BCUT2D eigenvalue weighted by molar-refractivity contribution is -0.151. The van der Waals surface area contributed by atoms with Crippen molar-refractivity contribution in [1.82, 2.24) is 5.32 Å². The molecule has 1 heterocycles. The highest BCUT2D eigenvalue weighted by Crippen LogP contribution is 2.59. The van der Waals surface area contributed by atoms with Crippen LogP contribution in [0.4, 0.5) is 0 Å². The Morgan fingerprint density at radius 1 is 1.47 bits per heavy atom. The van der Waals surface area contributed by atoms with E-state index in [1.165, 1.54) is 0 Å². The molecule has 1 aliphatic heterocycles. The van der Waals surface area contributed by atoms with Gasteiger partial charge in [-0.05, 0) is 32.7 Å². The van der Waals surface area contributed by atoms with E-state index < -0.39 is 0 Å². The first kappa shape index (κ1) is 10.9. The van der Waals surface area contributed by atoms with Gasteiger partial charge in [-0.1, -0.05) is 0 Å². The summed E-state index contributed by atoms with van der Waals surface area (Å²) in [6, 6.07) is 0.154. The Bertz CT molecular complexity index is 256. The molecule has 0 aromatic heterocycles. The second-order valence-corrected chi connectivity index (χ2v) is 4.28. The van der Waals surface area contributed by atoms with Crippen molar-refractivity contribution >= 4 is 5.97 Å². The monoisotopic (exact) mass is 213 g/mol. The number of carbonyl (C=O) groups is 1. The maximum atomic E-state index is 11.9. The maximum absolute atomic E-state index is 11.9. The van der Waals surface area contributed by atoms with Gasteiger partial charge in [-0.25, -0.2) is 0 Å². The number of hydrogen-bond acceptors (Lipinski definition) is 4. The van der Waals surface area contributed by atoms with Crippen LogP contribution in [0.25, 0.3) is 0 Å². The van der Waals surface area contributed by atoms with Crippen LogP contribution in [0, 0.1) is 11.3 Å². The zero-order valence-corrected chi connectivity index (χ0v) is 9.41. The molecule has 86 valence electrons. The van der Waals surface area contributed by atoms with Gasteiger partial charge in [0.15, 0.2) is 0 Å². The molecule has 0 amide bonds. The quantitative estimate of drug-likeness (QED) is 0.678. The van der Waals surface area contributed by atoms with Gasteiger partial charge in [-0.15, -0.1) is 0 Å². The number of hydrogen-bond donors (Lipinski definition) is 1. The molecule has 4 heteroatoms. The largest absolute Gasteiger partial charge is 0.466 e. The summed E-state index contributed by atoms with van der Waals surface area (Å²) in [7, 11) is 0. The Morgan fingerprint density at radius 2 is 2.27 bits per heavy atom. The third kappa shape index (κ3) is 1.66. The molecule has 0 aromatic carbocycles. The van der Waals surface area contributed by atoms with Gasteiger partial charge in [0.05, 0.1) is 18.6 Å². The van der Waals surface area contributed by atoms with E-state index in [1.54, 1.807) is 0 Å². The summed E-state index contributed by atoms with van der Waals surface area (Å²) in [6.07, 6.45) is 0.969. The molecular formula is C11H19NO3. The predicted molar refractivity (Wildman–Crippen MR) is 55.5 cm³/mol. The minimum atomic E-state index is -0.259. The van der Waals surface area contributed by atoms with Gasteiger partial charge in [0.25, 0.3) is 0 Å². The summed E-state index contributed by atoms with van der Waals surface area (Å²) in [5.74, 6) is 0.437. The first-order chi connectivity index (χ1) is 7.25. The van der Waals surface area contributed by atoms with Crippen LogP contribution in [0.5, 0.6) is 0 Å². The van der Waals surface area contributed by atoms with Crippen molar-refractivity contribution in [3.05, 3.63) is 0 Å². The number of rotatable bonds is 5. The molecule has 1 N–H and O–H groups in total. The van der Waals surface area contributed by atoms with Crippen molar-refractivity contribution in [2.24, 2.45) is 11.3 Å². The molecule has 2 aliphatic rings. The molecule has 0 unspecified atom stereocenters. The number of nitrogens with one attached hydrogen (secondary N) is 1. The molecule has 3 atom stereocenters. The smallest absolute Gasteiger partial charge is 0.314 e. The Morgan fingerprint density at radius 3 is 2.87 bits per heavy atom. The van der Waals surface area contributed by atoms with E-state index in [1.807, 2.05) is 13.8 Å². The van der Waals surface area contributed by atoms with Gasteiger partial charge in [-0.3, -0.25) is 4.79 Å². The number of esters is 1. The van der Waals surface area contributed by atoms with Gasteiger partial charge in [0.2, 0.25) is 0 Å². The molecule has 15 heavy (non-hydrogen) atoms. The van der Waals surface area contributed by atoms with Crippen LogP contribution in [0.3, 0.4) is 0 Å². The fraction of sp³-hybridized carbons (Fsp3) is 0.909. The Labute approximate surface area is 90.3 Å². The summed E-state index contributed by atoms with van der Waals surface area (Å²) < 4.78 is 10.5. The first-order valence-corrected chi connectivity index (χ1v) is 5.74. The van der Waals surface area contributed by atoms with Crippen LogP contribution in [0.1, 0.15) is 20.3 Å².